The molecule has 10 heteroatoms. The van der Waals surface area contributed by atoms with E-state index in [9.17, 15) is 4.79 Å². The van der Waals surface area contributed by atoms with E-state index in [1.807, 2.05) is 35.6 Å². The molecule has 0 aliphatic carbocycles. The first-order chi connectivity index (χ1) is 15.8. The lowest BCUT2D eigenvalue weighted by Gasteiger charge is -2.11. The van der Waals surface area contributed by atoms with Gasteiger partial charge in [0.25, 0.3) is 5.56 Å². The van der Waals surface area contributed by atoms with Crippen molar-refractivity contribution in [3.63, 3.8) is 0 Å². The van der Waals surface area contributed by atoms with Crippen LogP contribution in [0, 0.1) is 0 Å². The number of thiophene rings is 1. The Hall–Kier alpha value is -2.53. The fourth-order valence-electron chi connectivity index (χ4n) is 3.53. The van der Waals surface area contributed by atoms with Crippen LogP contribution in [0.2, 0.25) is 0 Å². The van der Waals surface area contributed by atoms with Crippen LogP contribution < -0.4 is 5.56 Å². The molecule has 0 saturated carbocycles. The Balaban J connectivity index is 1.47. The van der Waals surface area contributed by atoms with Crippen LogP contribution in [0.3, 0.4) is 0 Å². The summed E-state index contributed by atoms with van der Waals surface area (Å²) >= 11 is 4.90. The fourth-order valence-corrected chi connectivity index (χ4v) is 6.00. The number of ether oxygens (including phenoxy) is 1. The predicted octanol–water partition coefficient (Wildman–Crippen LogP) is 4.95. The van der Waals surface area contributed by atoms with E-state index in [1.165, 1.54) is 0 Å². The molecule has 0 aliphatic rings. The first kappa shape index (κ1) is 21.3. The van der Waals surface area contributed by atoms with Gasteiger partial charge in [-0.15, -0.1) is 21.5 Å². The van der Waals surface area contributed by atoms with Crippen molar-refractivity contribution in [2.24, 2.45) is 0 Å². The second kappa shape index (κ2) is 9.53. The van der Waals surface area contributed by atoms with Crippen molar-refractivity contribution < 1.29 is 4.74 Å². The average molecular weight is 484 g/mol. The Morgan fingerprint density at radius 3 is 2.91 bits per heavy atom. The topological polar surface area (TPSA) is 74.3 Å². The monoisotopic (exact) mass is 483 g/mol. The molecule has 0 radical (unpaired) electrons. The maximum Gasteiger partial charge on any atom is 0.262 e. The molecular formula is C22H21N5O2S3. The summed E-state index contributed by atoms with van der Waals surface area (Å²) in [6, 6.07) is 9.71. The molecule has 164 valence electrons. The number of aryl methyl sites for hydroxylation is 1. The van der Waals surface area contributed by atoms with Crippen LogP contribution in [0.15, 0.2) is 56.4 Å². The fraction of sp³-hybridized carbons (Fsp3) is 0.273. The van der Waals surface area contributed by atoms with E-state index in [4.69, 9.17) is 9.72 Å². The molecule has 0 fully saturated rings. The summed E-state index contributed by atoms with van der Waals surface area (Å²) in [5.74, 6) is 1.24. The maximum absolute atomic E-state index is 13.1. The molecule has 0 amide bonds. The van der Waals surface area contributed by atoms with Gasteiger partial charge in [0, 0.05) is 41.8 Å². The Morgan fingerprint density at radius 2 is 2.06 bits per heavy atom. The van der Waals surface area contributed by atoms with Crippen molar-refractivity contribution >= 4 is 51.1 Å². The Morgan fingerprint density at radius 1 is 1.16 bits per heavy atom. The smallest absolute Gasteiger partial charge is 0.262 e. The predicted molar refractivity (Wildman–Crippen MR) is 131 cm³/mol. The summed E-state index contributed by atoms with van der Waals surface area (Å²) in [4.78, 5) is 17.9. The second-order valence-electron chi connectivity index (χ2n) is 7.09. The number of nitrogens with zero attached hydrogens (tertiary/aromatic N) is 5. The molecular weight excluding hydrogens is 462 g/mol. The highest BCUT2D eigenvalue weighted by Crippen LogP contribution is 2.29. The number of rotatable bonds is 9. The largest absolute Gasteiger partial charge is 0.382 e. The molecule has 0 spiro atoms. The number of fused-ring (bicyclic) bond motifs is 3. The molecule has 7 nitrogen and oxygen atoms in total. The molecule has 32 heavy (non-hydrogen) atoms. The van der Waals surface area contributed by atoms with E-state index < -0.39 is 0 Å². The first-order valence-electron chi connectivity index (χ1n) is 10.3. The number of aromatic nitrogens is 5. The summed E-state index contributed by atoms with van der Waals surface area (Å²) < 4.78 is 9.13. The van der Waals surface area contributed by atoms with Gasteiger partial charge in [-0.25, -0.2) is 4.98 Å². The van der Waals surface area contributed by atoms with E-state index >= 15 is 0 Å². The molecule has 4 aromatic heterocycles. The normalized spacial score (nSPS) is 11.7. The molecule has 0 atom stereocenters. The van der Waals surface area contributed by atoms with Crippen molar-refractivity contribution in [1.29, 1.82) is 0 Å². The van der Waals surface area contributed by atoms with Crippen molar-refractivity contribution in [2.45, 2.75) is 30.8 Å². The zero-order valence-electron chi connectivity index (χ0n) is 17.4. The highest BCUT2D eigenvalue weighted by molar-refractivity contribution is 7.98. The third-order valence-corrected chi connectivity index (χ3v) is 7.61. The number of para-hydroxylation sites is 1. The molecule has 5 aromatic rings. The quantitative estimate of drug-likeness (QED) is 0.218. The van der Waals surface area contributed by atoms with Gasteiger partial charge < -0.3 is 4.74 Å². The minimum absolute atomic E-state index is 0.0477. The summed E-state index contributed by atoms with van der Waals surface area (Å²) in [7, 11) is 0. The Kier molecular flexibility index (Phi) is 6.35. The van der Waals surface area contributed by atoms with Crippen molar-refractivity contribution in [1.82, 2.24) is 24.1 Å². The molecule has 0 N–H and O–H groups in total. The van der Waals surface area contributed by atoms with E-state index in [2.05, 4.69) is 32.4 Å². The van der Waals surface area contributed by atoms with E-state index in [-0.39, 0.29) is 5.56 Å². The van der Waals surface area contributed by atoms with Crippen LogP contribution in [-0.4, -0.2) is 37.4 Å². The number of hydrogen-bond acceptors (Lipinski definition) is 8. The lowest BCUT2D eigenvalue weighted by Crippen LogP contribution is -2.24. The van der Waals surface area contributed by atoms with Gasteiger partial charge in [-0.1, -0.05) is 23.9 Å². The van der Waals surface area contributed by atoms with Gasteiger partial charge in [-0.2, -0.15) is 11.3 Å². The summed E-state index contributed by atoms with van der Waals surface area (Å²) in [5.41, 5.74) is 2.94. The lowest BCUT2D eigenvalue weighted by molar-refractivity contribution is 0.141. The number of thioether (sulfide) groups is 1. The van der Waals surface area contributed by atoms with Crippen molar-refractivity contribution in [2.75, 3.05) is 13.2 Å². The maximum atomic E-state index is 13.1. The number of hydrogen-bond donors (Lipinski definition) is 0. The third-order valence-electron chi connectivity index (χ3n) is 5.02. The van der Waals surface area contributed by atoms with Gasteiger partial charge in [-0.05, 0) is 36.9 Å². The second-order valence-corrected chi connectivity index (χ2v) is 9.67. The molecule has 4 heterocycles. The van der Waals surface area contributed by atoms with Crippen LogP contribution in [0.5, 0.6) is 0 Å². The molecule has 0 bridgehead atoms. The molecule has 0 saturated heterocycles. The van der Waals surface area contributed by atoms with E-state index in [1.54, 1.807) is 39.0 Å². The van der Waals surface area contributed by atoms with Crippen LogP contribution in [-0.2, 0) is 17.0 Å². The zero-order valence-corrected chi connectivity index (χ0v) is 19.9. The van der Waals surface area contributed by atoms with Crippen LogP contribution in [0.1, 0.15) is 19.0 Å². The van der Waals surface area contributed by atoms with Gasteiger partial charge in [0.05, 0.1) is 16.6 Å². The van der Waals surface area contributed by atoms with Gasteiger partial charge >= 0.3 is 0 Å². The number of thiazole rings is 1. The van der Waals surface area contributed by atoms with E-state index in [0.717, 1.165) is 33.4 Å². The number of benzene rings is 1. The third kappa shape index (κ3) is 4.11. The highest BCUT2D eigenvalue weighted by atomic mass is 32.2. The summed E-state index contributed by atoms with van der Waals surface area (Å²) in [5, 5.41) is 17.5. The van der Waals surface area contributed by atoms with Crippen LogP contribution >= 0.6 is 34.4 Å². The van der Waals surface area contributed by atoms with E-state index in [0.29, 0.717) is 36.7 Å². The minimum atomic E-state index is -0.0477. The van der Waals surface area contributed by atoms with Gasteiger partial charge in [0.1, 0.15) is 5.01 Å². The lowest BCUT2D eigenvalue weighted by atomic mass is 10.2. The minimum Gasteiger partial charge on any atom is -0.382 e. The van der Waals surface area contributed by atoms with Crippen molar-refractivity contribution in [3.05, 3.63) is 62.5 Å². The SMILES string of the molecule is CCOCCCn1c(=O)c2ccccc2n2c(SCc3csc(-c4ccsc4)n3)nnc12. The molecule has 1 aromatic carbocycles. The van der Waals surface area contributed by atoms with Gasteiger partial charge in [0.2, 0.25) is 5.78 Å². The molecule has 0 aliphatic heterocycles. The Labute approximate surface area is 196 Å². The average Bonchev–Trinajstić information content (AvgIpc) is 3.58. The molecule has 0 unspecified atom stereocenters. The van der Waals surface area contributed by atoms with Crippen molar-refractivity contribution in [3.8, 4) is 10.6 Å². The van der Waals surface area contributed by atoms with Crippen LogP contribution in [0.25, 0.3) is 27.3 Å². The van der Waals surface area contributed by atoms with Gasteiger partial charge in [-0.3, -0.25) is 13.8 Å². The highest BCUT2D eigenvalue weighted by Gasteiger charge is 2.17. The zero-order chi connectivity index (χ0) is 21.9. The summed E-state index contributed by atoms with van der Waals surface area (Å²) in [6.07, 6.45) is 0.737. The van der Waals surface area contributed by atoms with Gasteiger partial charge in [0.15, 0.2) is 5.16 Å². The first-order valence-corrected chi connectivity index (χ1v) is 13.1. The Bertz CT molecular complexity index is 1400. The summed E-state index contributed by atoms with van der Waals surface area (Å²) in [6.45, 7) is 3.77. The van der Waals surface area contributed by atoms with Crippen LogP contribution in [0.4, 0.5) is 0 Å². The molecule has 5 rings (SSSR count). The standard InChI is InChI=1S/C22H21N5O2S3/c1-2-29-10-5-9-26-20(28)17-6-3-4-7-18(17)27-21(26)24-25-22(27)32-14-16-13-31-19(23-16)15-8-11-30-12-15/h3-4,6-8,11-13H,2,5,9-10,14H2,1H3.